The van der Waals surface area contributed by atoms with Gasteiger partial charge in [-0.25, -0.2) is 0 Å². The van der Waals surface area contributed by atoms with Gasteiger partial charge in [0.2, 0.25) is 0 Å². The van der Waals surface area contributed by atoms with E-state index in [-0.39, 0.29) is 0 Å². The second kappa shape index (κ2) is 19.0. The molecule has 9 aromatic carbocycles. The van der Waals surface area contributed by atoms with Crippen LogP contribution in [0.4, 0.5) is 11.4 Å². The maximum absolute atomic E-state index is 9.70. The molecule has 0 atom stereocenters. The number of fused-ring (bicyclic) bond motifs is 2. The third kappa shape index (κ3) is 8.74. The minimum Gasteiger partial charge on any atom is -0.427 e. The van der Waals surface area contributed by atoms with Crippen molar-refractivity contribution < 1.29 is 18.1 Å². The van der Waals surface area contributed by atoms with E-state index in [9.17, 15) is 10.5 Å². The normalized spacial score (nSPS) is 13.7. The monoisotopic (exact) mass is 942 g/mol. The van der Waals surface area contributed by atoms with Gasteiger partial charge >= 0.3 is 15.0 Å². The average molecular weight is 943 g/mol. The molecule has 0 spiro atoms. The molecule has 0 amide bonds. The lowest BCUT2D eigenvalue weighted by molar-refractivity contribution is 0.487. The van der Waals surface area contributed by atoms with Gasteiger partial charge in [0.25, 0.3) is 0 Å². The number of hydrogen-bond donors (Lipinski definition) is 0. The van der Waals surface area contributed by atoms with Crippen molar-refractivity contribution in [3.63, 3.8) is 0 Å². The number of nitrogens with zero attached hydrogens (tertiary/aromatic N) is 4. The minimum atomic E-state index is -3.42. The van der Waals surface area contributed by atoms with Crippen molar-refractivity contribution in [1.29, 1.82) is 10.5 Å². The zero-order valence-electron chi connectivity index (χ0n) is 37.4. The highest BCUT2D eigenvalue weighted by atomic mass is 31.2. The first kappa shape index (κ1) is 43.7. The van der Waals surface area contributed by atoms with Gasteiger partial charge < -0.3 is 18.1 Å². The highest BCUT2D eigenvalue weighted by molar-refractivity contribution is 7.69. The van der Waals surface area contributed by atoms with Crippen molar-refractivity contribution in [2.75, 3.05) is 0 Å². The van der Waals surface area contributed by atoms with E-state index in [4.69, 9.17) is 27.6 Å². The van der Waals surface area contributed by atoms with Crippen molar-refractivity contribution in [3.05, 3.63) is 264 Å². The lowest BCUT2D eigenvalue weighted by Gasteiger charge is -2.31. The Balaban J connectivity index is 1.10. The number of benzene rings is 9. The molecule has 0 unspecified atom stereocenters. The summed E-state index contributed by atoms with van der Waals surface area (Å²) in [5.74, 6) is 2.44. The van der Waals surface area contributed by atoms with E-state index in [1.54, 1.807) is 24.3 Å². The Kier molecular flexibility index (Phi) is 11.9. The van der Waals surface area contributed by atoms with Gasteiger partial charge in [-0.15, -0.1) is 0 Å². The smallest absolute Gasteiger partial charge is 0.352 e. The van der Waals surface area contributed by atoms with E-state index < -0.39 is 15.0 Å². The van der Waals surface area contributed by atoms with Crippen molar-refractivity contribution >= 4 is 49.2 Å². The summed E-state index contributed by atoms with van der Waals surface area (Å²) in [4.78, 5) is 0. The first-order valence-corrected chi connectivity index (χ1v) is 25.7. The fourth-order valence-electron chi connectivity index (χ4n) is 8.46. The number of hydrogen-bond acceptors (Lipinski definition) is 8. The largest absolute Gasteiger partial charge is 0.427 e. The summed E-state index contributed by atoms with van der Waals surface area (Å²) in [6.45, 7) is 0. The Morgan fingerprint density at radius 3 is 0.986 bits per heavy atom. The zero-order chi connectivity index (χ0) is 47.3. The van der Waals surface area contributed by atoms with Crippen LogP contribution in [-0.2, 0) is 0 Å². The summed E-state index contributed by atoms with van der Waals surface area (Å²) in [6, 6.07) is 78.7. The molecule has 334 valence electrons. The molecular formula is C60H40N4O4P2. The summed E-state index contributed by atoms with van der Waals surface area (Å²) < 4.78 is 39.5. The lowest BCUT2D eigenvalue weighted by atomic mass is 9.94. The summed E-state index contributed by atoms with van der Waals surface area (Å²) in [6.07, 6.45) is 4.23. The molecule has 0 N–H and O–H groups in total. The fourth-order valence-corrected chi connectivity index (χ4v) is 13.5. The molecular weight excluding hydrogens is 903 g/mol. The highest BCUT2D eigenvalue weighted by Crippen LogP contribution is 2.69. The first-order chi connectivity index (χ1) is 34.5. The molecule has 2 aliphatic heterocycles. The fraction of sp³-hybridized carbons (Fsp3) is 0. The lowest BCUT2D eigenvalue weighted by Crippen LogP contribution is -2.07. The van der Waals surface area contributed by atoms with Crippen LogP contribution < -0.4 is 18.1 Å². The van der Waals surface area contributed by atoms with Crippen LogP contribution in [0.5, 0.6) is 23.0 Å². The molecule has 10 heteroatoms. The number of rotatable bonds is 12. The molecule has 0 aromatic heterocycles. The topological polar surface area (TPSA) is 109 Å². The third-order valence-corrected chi connectivity index (χ3v) is 16.5. The van der Waals surface area contributed by atoms with Crippen molar-refractivity contribution in [2.45, 2.75) is 0 Å². The molecule has 0 saturated heterocycles. The SMILES string of the molecule is N#Cc1ccc(C2=Cc3cccc(-c4cccc(-c5cccc6c5N=P(Oc5ccccc5)(Oc5ccccc5)C(c5ccc(C#N)cc5)=C6)c4)c3N=P2(Oc2ccccc2)Oc2ccccc2)cc1. The summed E-state index contributed by atoms with van der Waals surface area (Å²) in [7, 11) is -6.84. The number of nitriles is 2. The molecule has 0 fully saturated rings. The Bertz CT molecular complexity index is 3350. The van der Waals surface area contributed by atoms with Crippen molar-refractivity contribution in [2.24, 2.45) is 9.49 Å². The van der Waals surface area contributed by atoms with E-state index in [0.29, 0.717) is 34.1 Å². The summed E-state index contributed by atoms with van der Waals surface area (Å²) >= 11 is 0. The molecule has 2 heterocycles. The predicted octanol–water partition coefficient (Wildman–Crippen LogP) is 17.4. The average Bonchev–Trinajstić information content (AvgIpc) is 3.41. The quantitative estimate of drug-likeness (QED) is 0.113. The Labute approximate surface area is 406 Å². The van der Waals surface area contributed by atoms with Crippen LogP contribution >= 0.6 is 15.0 Å². The van der Waals surface area contributed by atoms with Gasteiger partial charge in [0, 0.05) is 22.3 Å². The second-order valence-electron chi connectivity index (χ2n) is 16.4. The van der Waals surface area contributed by atoms with Crippen LogP contribution in [0.25, 0.3) is 45.0 Å². The van der Waals surface area contributed by atoms with E-state index in [1.165, 1.54) is 0 Å². The van der Waals surface area contributed by atoms with E-state index in [1.807, 2.05) is 158 Å². The third-order valence-electron chi connectivity index (χ3n) is 11.8. The predicted molar refractivity (Wildman–Crippen MR) is 282 cm³/mol. The number of para-hydroxylation sites is 4. The van der Waals surface area contributed by atoms with Crippen LogP contribution in [0.15, 0.2) is 240 Å². The van der Waals surface area contributed by atoms with Gasteiger partial charge in [-0.2, -0.15) is 20.0 Å². The van der Waals surface area contributed by atoms with Crippen LogP contribution in [0.2, 0.25) is 0 Å². The molecule has 2 aliphatic rings. The maximum atomic E-state index is 9.70. The van der Waals surface area contributed by atoms with Crippen molar-refractivity contribution in [3.8, 4) is 57.4 Å². The maximum Gasteiger partial charge on any atom is 0.352 e. The Morgan fingerprint density at radius 2 is 0.657 bits per heavy atom. The summed E-state index contributed by atoms with van der Waals surface area (Å²) in [5.41, 5.74) is 9.63. The molecule has 0 radical (unpaired) electrons. The molecule has 9 aromatic rings. The van der Waals surface area contributed by atoms with Crippen LogP contribution in [0.3, 0.4) is 0 Å². The molecule has 70 heavy (non-hydrogen) atoms. The van der Waals surface area contributed by atoms with E-state index >= 15 is 0 Å². The Hall–Kier alpha value is -8.90. The van der Waals surface area contributed by atoms with Gasteiger partial charge in [-0.3, -0.25) is 0 Å². The molecule has 0 saturated carbocycles. The van der Waals surface area contributed by atoms with Crippen LogP contribution in [0.1, 0.15) is 33.4 Å². The second-order valence-corrected chi connectivity index (χ2v) is 20.5. The molecule has 8 nitrogen and oxygen atoms in total. The zero-order valence-corrected chi connectivity index (χ0v) is 39.2. The van der Waals surface area contributed by atoms with Gasteiger partial charge in [0.1, 0.15) is 23.0 Å². The summed E-state index contributed by atoms with van der Waals surface area (Å²) in [5, 5.41) is 20.9. The van der Waals surface area contributed by atoms with E-state index in [2.05, 4.69) is 72.8 Å². The van der Waals surface area contributed by atoms with Gasteiger partial charge in [0.05, 0.1) is 45.3 Å². The molecule has 0 aliphatic carbocycles. The molecule has 11 rings (SSSR count). The van der Waals surface area contributed by atoms with Crippen molar-refractivity contribution in [1.82, 2.24) is 0 Å². The van der Waals surface area contributed by atoms with E-state index in [0.717, 1.165) is 66.5 Å². The molecule has 0 bridgehead atoms. The van der Waals surface area contributed by atoms with Gasteiger partial charge in [-0.1, -0.05) is 152 Å². The van der Waals surface area contributed by atoms with Crippen LogP contribution in [0, 0.1) is 22.7 Å². The Morgan fingerprint density at radius 1 is 0.329 bits per heavy atom. The standard InChI is InChI=1S/C60H40N4O4P2/c61-41-43-30-34-45(35-31-43)57-39-49-18-14-28-55(59(49)63-69(57,65-51-20-5-1-6-21-51)66-52-22-7-2-8-23-52)47-16-13-17-48(38-47)56-29-15-19-50-40-58(46-36-32-44(42-62)33-37-46)70(64-60(50)56,67-53-24-9-3-10-25-53)68-54-26-11-4-12-27-54/h1-40H. The van der Waals surface area contributed by atoms with Gasteiger partial charge in [-0.05, 0) is 113 Å². The minimum absolute atomic E-state index is 0.548. The highest BCUT2D eigenvalue weighted by Gasteiger charge is 2.39. The van der Waals surface area contributed by atoms with Gasteiger partial charge in [0.15, 0.2) is 0 Å². The first-order valence-electron chi connectivity index (χ1n) is 22.5. The van der Waals surface area contributed by atoms with Crippen LogP contribution in [-0.4, -0.2) is 0 Å².